The van der Waals surface area contributed by atoms with Crippen molar-refractivity contribution in [3.8, 4) is 5.75 Å². The molecule has 5 nitrogen and oxygen atoms in total. The summed E-state index contributed by atoms with van der Waals surface area (Å²) >= 11 is 0. The largest absolute Gasteiger partial charge is 0.488 e. The van der Waals surface area contributed by atoms with Gasteiger partial charge in [-0.2, -0.15) is 0 Å². The summed E-state index contributed by atoms with van der Waals surface area (Å²) in [6.07, 6.45) is 16.8. The van der Waals surface area contributed by atoms with Gasteiger partial charge in [-0.25, -0.2) is 0 Å². The van der Waals surface area contributed by atoms with E-state index in [1.54, 1.807) is 0 Å². The lowest BCUT2D eigenvalue weighted by atomic mass is 9.44. The number of hydrogen-bond donors (Lipinski definition) is 2. The van der Waals surface area contributed by atoms with Crippen LogP contribution >= 0.6 is 0 Å². The van der Waals surface area contributed by atoms with Crippen molar-refractivity contribution in [1.82, 2.24) is 0 Å². The van der Waals surface area contributed by atoms with Crippen LogP contribution in [0.2, 0.25) is 0 Å². The van der Waals surface area contributed by atoms with Gasteiger partial charge in [0.05, 0.1) is 18.4 Å². The number of fused-ring (bicyclic) bond motifs is 5. The number of esters is 1. The SMILES string of the molecule is CCCCCOC(=O)CC[C@@H](C)[C@H]1CC[C@H]2[C@@H]3CCC4CC(Oc5ccc(N)cc5N)CC[C@]4(C)[C@H]3CC[C@]12C. The number of anilines is 2. The zero-order valence-electron chi connectivity index (χ0n) is 25.8. The van der Waals surface area contributed by atoms with E-state index in [-0.39, 0.29) is 12.1 Å². The molecule has 0 aromatic heterocycles. The molecule has 0 heterocycles. The highest BCUT2D eigenvalue weighted by molar-refractivity contribution is 5.69. The van der Waals surface area contributed by atoms with E-state index in [1.165, 1.54) is 44.9 Å². The van der Waals surface area contributed by atoms with Gasteiger partial charge in [0, 0.05) is 12.1 Å². The minimum atomic E-state index is 0.0104. The Morgan fingerprint density at radius 3 is 2.55 bits per heavy atom. The molecule has 0 aliphatic heterocycles. The van der Waals surface area contributed by atoms with E-state index in [0.29, 0.717) is 41.2 Å². The molecule has 0 radical (unpaired) electrons. The molecule has 4 aliphatic carbocycles. The van der Waals surface area contributed by atoms with Crippen molar-refractivity contribution >= 4 is 17.3 Å². The van der Waals surface area contributed by atoms with Gasteiger partial charge in [0.25, 0.3) is 0 Å². The van der Waals surface area contributed by atoms with Gasteiger partial charge in [0.15, 0.2) is 0 Å². The number of benzene rings is 1. The van der Waals surface area contributed by atoms with Crippen LogP contribution in [-0.4, -0.2) is 18.7 Å². The van der Waals surface area contributed by atoms with Gasteiger partial charge in [0.2, 0.25) is 0 Å². The van der Waals surface area contributed by atoms with Gasteiger partial charge in [-0.05, 0) is 135 Å². The number of hydrogen-bond acceptors (Lipinski definition) is 5. The first-order valence-corrected chi connectivity index (χ1v) is 16.6. The Morgan fingerprint density at radius 2 is 1.77 bits per heavy atom. The fraction of sp³-hybridized carbons (Fsp3) is 0.800. The number of ether oxygens (including phenoxy) is 2. The molecule has 1 aromatic carbocycles. The van der Waals surface area contributed by atoms with Crippen LogP contribution in [-0.2, 0) is 9.53 Å². The van der Waals surface area contributed by atoms with E-state index in [0.717, 1.165) is 73.9 Å². The molecule has 0 spiro atoms. The van der Waals surface area contributed by atoms with Crippen molar-refractivity contribution < 1.29 is 14.3 Å². The molecule has 0 amide bonds. The third kappa shape index (κ3) is 5.73. The van der Waals surface area contributed by atoms with Crippen molar-refractivity contribution in [3.05, 3.63) is 18.2 Å². The van der Waals surface area contributed by atoms with Gasteiger partial charge >= 0.3 is 5.97 Å². The van der Waals surface area contributed by atoms with Crippen molar-refractivity contribution in [2.75, 3.05) is 18.1 Å². The molecule has 0 saturated heterocycles. The lowest BCUT2D eigenvalue weighted by Gasteiger charge is -2.61. The Balaban J connectivity index is 1.17. The molecule has 224 valence electrons. The van der Waals surface area contributed by atoms with Crippen molar-refractivity contribution in [2.45, 2.75) is 124 Å². The predicted molar refractivity (Wildman–Crippen MR) is 164 cm³/mol. The minimum absolute atomic E-state index is 0.0104. The van der Waals surface area contributed by atoms with Crippen LogP contribution in [0.5, 0.6) is 5.75 Å². The van der Waals surface area contributed by atoms with Crippen LogP contribution < -0.4 is 16.2 Å². The Hall–Kier alpha value is -1.91. The lowest BCUT2D eigenvalue weighted by Crippen LogP contribution is -2.54. The van der Waals surface area contributed by atoms with Gasteiger partial charge in [-0.15, -0.1) is 0 Å². The summed E-state index contributed by atoms with van der Waals surface area (Å²) in [4.78, 5) is 12.4. The van der Waals surface area contributed by atoms with Crippen LogP contribution in [0.1, 0.15) is 118 Å². The summed E-state index contributed by atoms with van der Waals surface area (Å²) in [5.74, 6) is 5.44. The molecule has 0 bridgehead atoms. The molecule has 4 saturated carbocycles. The molecule has 4 aliphatic rings. The molecule has 40 heavy (non-hydrogen) atoms. The molecule has 1 aromatic rings. The van der Waals surface area contributed by atoms with E-state index in [4.69, 9.17) is 20.9 Å². The van der Waals surface area contributed by atoms with Crippen LogP contribution in [0.3, 0.4) is 0 Å². The second-order valence-electron chi connectivity index (χ2n) is 14.6. The maximum Gasteiger partial charge on any atom is 0.305 e. The normalized spacial score (nSPS) is 37.6. The molecule has 5 heteroatoms. The Bertz CT molecular complexity index is 1030. The second kappa shape index (κ2) is 12.1. The average Bonchev–Trinajstić information content (AvgIpc) is 3.29. The lowest BCUT2D eigenvalue weighted by molar-refractivity contribution is -0.144. The summed E-state index contributed by atoms with van der Waals surface area (Å²) < 4.78 is 12.0. The highest BCUT2D eigenvalue weighted by Crippen LogP contribution is 2.68. The number of nitrogens with two attached hydrogens (primary N) is 2. The summed E-state index contributed by atoms with van der Waals surface area (Å²) in [5, 5.41) is 0. The van der Waals surface area contributed by atoms with Crippen LogP contribution in [0.15, 0.2) is 18.2 Å². The maximum absolute atomic E-state index is 12.4. The first-order valence-electron chi connectivity index (χ1n) is 16.6. The Labute approximate surface area is 243 Å². The number of carbonyl (C=O) groups excluding carboxylic acids is 1. The molecular weight excluding hydrogens is 496 g/mol. The van der Waals surface area contributed by atoms with Crippen molar-refractivity contribution in [2.24, 2.45) is 46.3 Å². The fourth-order valence-corrected chi connectivity index (χ4v) is 10.3. The monoisotopic (exact) mass is 552 g/mol. The van der Waals surface area contributed by atoms with Gasteiger partial charge in [0.1, 0.15) is 5.75 Å². The average molecular weight is 553 g/mol. The topological polar surface area (TPSA) is 87.6 Å². The molecule has 5 rings (SSSR count). The minimum Gasteiger partial charge on any atom is -0.488 e. The van der Waals surface area contributed by atoms with Crippen molar-refractivity contribution in [1.29, 1.82) is 0 Å². The number of carbonyl (C=O) groups is 1. The number of nitrogen functional groups attached to an aromatic ring is 2. The molecule has 2 unspecified atom stereocenters. The first-order chi connectivity index (χ1) is 19.2. The second-order valence-corrected chi connectivity index (χ2v) is 14.6. The maximum atomic E-state index is 12.4. The van der Waals surface area contributed by atoms with E-state index in [1.807, 2.05) is 18.2 Å². The number of unbranched alkanes of at least 4 members (excludes halogenated alkanes) is 2. The fourth-order valence-electron chi connectivity index (χ4n) is 10.3. The van der Waals surface area contributed by atoms with Gasteiger partial charge in [-0.1, -0.05) is 40.5 Å². The third-order valence-electron chi connectivity index (χ3n) is 12.5. The smallest absolute Gasteiger partial charge is 0.305 e. The molecular formula is C35H56N2O3. The molecule has 4 fully saturated rings. The predicted octanol–water partition coefficient (Wildman–Crippen LogP) is 8.41. The highest BCUT2D eigenvalue weighted by Gasteiger charge is 2.60. The van der Waals surface area contributed by atoms with E-state index in [9.17, 15) is 4.79 Å². The van der Waals surface area contributed by atoms with Crippen LogP contribution in [0.25, 0.3) is 0 Å². The van der Waals surface area contributed by atoms with Crippen LogP contribution in [0, 0.1) is 46.3 Å². The van der Waals surface area contributed by atoms with E-state index >= 15 is 0 Å². The zero-order chi connectivity index (χ0) is 28.5. The van der Waals surface area contributed by atoms with Crippen molar-refractivity contribution in [3.63, 3.8) is 0 Å². The summed E-state index contributed by atoms with van der Waals surface area (Å²) in [7, 11) is 0. The zero-order valence-corrected chi connectivity index (χ0v) is 25.8. The summed E-state index contributed by atoms with van der Waals surface area (Å²) in [5.41, 5.74) is 14.3. The summed E-state index contributed by atoms with van der Waals surface area (Å²) in [6, 6.07) is 5.63. The highest BCUT2D eigenvalue weighted by atomic mass is 16.5. The third-order valence-corrected chi connectivity index (χ3v) is 12.5. The number of rotatable bonds is 10. The van der Waals surface area contributed by atoms with Gasteiger partial charge < -0.3 is 20.9 Å². The van der Waals surface area contributed by atoms with E-state index < -0.39 is 0 Å². The Kier molecular flexibility index (Phi) is 8.97. The van der Waals surface area contributed by atoms with Crippen LogP contribution in [0.4, 0.5) is 11.4 Å². The molecule has 9 atom stereocenters. The Morgan fingerprint density at radius 1 is 1.00 bits per heavy atom. The van der Waals surface area contributed by atoms with E-state index in [2.05, 4.69) is 27.7 Å². The molecule has 4 N–H and O–H groups in total. The summed E-state index contributed by atoms with van der Waals surface area (Å²) in [6.45, 7) is 10.4. The first kappa shape index (κ1) is 29.6. The van der Waals surface area contributed by atoms with Gasteiger partial charge in [-0.3, -0.25) is 4.79 Å². The standard InChI is InChI=1S/C35H56N2O3/c1-5-6-7-20-39-33(38)15-8-23(2)28-12-13-29-27-11-9-24-21-26(40-32-14-10-25(36)22-31(32)37)16-18-34(24,3)30(27)17-19-35(28,29)4/h10,14,22-24,26-30H,5-9,11-13,15-21,36-37H2,1-4H3/t23-,24?,26?,27+,28-,29+,30+,34+,35-/m1/s1. The quantitative estimate of drug-likeness (QED) is 0.173.